The normalized spacial score (nSPS) is 10.8. The standard InChI is InChI=1S/C15H15N5O2/c1-2-20-8-11(13-12(9-20)15(22)19-18-13)14(21)17-7-10-3-5-16-6-4-10/h3-6,8-9H,2,7H2,1H3,(H,17,21)(H,19,22). The molecule has 1 amide bonds. The highest BCUT2D eigenvalue weighted by molar-refractivity contribution is 5.99. The molecule has 0 aliphatic carbocycles. The van der Waals surface area contributed by atoms with E-state index in [-0.39, 0.29) is 11.5 Å². The second kappa shape index (κ2) is 5.80. The number of amides is 1. The molecule has 7 heteroatoms. The van der Waals surface area contributed by atoms with Crippen LogP contribution >= 0.6 is 0 Å². The first-order valence-electron chi connectivity index (χ1n) is 6.94. The molecule has 1 aromatic heterocycles. The number of nitrogens with zero attached hydrogens (tertiary/aromatic N) is 3. The first-order valence-corrected chi connectivity index (χ1v) is 6.94. The number of nitrogens with one attached hydrogen (secondary N) is 2. The van der Waals surface area contributed by atoms with Crippen LogP contribution in [0.1, 0.15) is 22.8 Å². The molecule has 0 fully saturated rings. The molecular formula is C15H15N5O2. The van der Waals surface area contributed by atoms with Gasteiger partial charge in [-0.3, -0.25) is 14.6 Å². The summed E-state index contributed by atoms with van der Waals surface area (Å²) in [5.41, 5.74) is 1.85. The minimum absolute atomic E-state index is 0.267. The number of carbonyl (C=O) groups excluding carboxylic acids is 1. The van der Waals surface area contributed by atoms with Crippen LogP contribution in [0.4, 0.5) is 0 Å². The fourth-order valence-electron chi connectivity index (χ4n) is 2.22. The Labute approximate surface area is 126 Å². The van der Waals surface area contributed by atoms with Crippen molar-refractivity contribution in [2.75, 3.05) is 0 Å². The summed E-state index contributed by atoms with van der Waals surface area (Å²) >= 11 is 0. The highest BCUT2D eigenvalue weighted by atomic mass is 16.2. The van der Waals surface area contributed by atoms with Crippen LogP contribution in [0.5, 0.6) is 0 Å². The molecule has 22 heavy (non-hydrogen) atoms. The van der Waals surface area contributed by atoms with Gasteiger partial charge >= 0.3 is 0 Å². The summed E-state index contributed by atoms with van der Waals surface area (Å²) in [6.45, 7) is 2.98. The van der Waals surface area contributed by atoms with Crippen molar-refractivity contribution in [3.8, 4) is 11.3 Å². The molecule has 7 nitrogen and oxygen atoms in total. The molecular weight excluding hydrogens is 282 g/mol. The molecule has 0 atom stereocenters. The summed E-state index contributed by atoms with van der Waals surface area (Å²) in [7, 11) is 0. The number of H-pyrrole nitrogens is 1. The van der Waals surface area contributed by atoms with Crippen molar-refractivity contribution in [3.05, 3.63) is 58.4 Å². The van der Waals surface area contributed by atoms with Crippen LogP contribution in [-0.2, 0) is 13.1 Å². The van der Waals surface area contributed by atoms with Crippen molar-refractivity contribution in [2.45, 2.75) is 20.0 Å². The SMILES string of the molecule is CCn1cc(C(=O)NCc2ccncc2)c2n[nH]c(=O)c-2c1. The number of rotatable bonds is 4. The van der Waals surface area contributed by atoms with E-state index >= 15 is 0 Å². The van der Waals surface area contributed by atoms with Crippen molar-refractivity contribution in [3.63, 3.8) is 0 Å². The van der Waals surface area contributed by atoms with Gasteiger partial charge in [0, 0.05) is 37.9 Å². The van der Waals surface area contributed by atoms with Crippen molar-refractivity contribution < 1.29 is 4.79 Å². The van der Waals surface area contributed by atoms with Gasteiger partial charge < -0.3 is 9.88 Å². The molecule has 0 saturated heterocycles. The predicted molar refractivity (Wildman–Crippen MR) is 80.6 cm³/mol. The number of aromatic amines is 1. The molecule has 0 aromatic carbocycles. The largest absolute Gasteiger partial charge is 0.353 e. The number of pyridine rings is 2. The van der Waals surface area contributed by atoms with Crippen LogP contribution in [0.15, 0.2) is 41.7 Å². The molecule has 2 aliphatic rings. The van der Waals surface area contributed by atoms with E-state index in [1.54, 1.807) is 29.4 Å². The highest BCUT2D eigenvalue weighted by Gasteiger charge is 2.20. The molecule has 2 aliphatic heterocycles. The van der Waals surface area contributed by atoms with Gasteiger partial charge in [0.15, 0.2) is 0 Å². The van der Waals surface area contributed by atoms with Gasteiger partial charge in [-0.15, -0.1) is 0 Å². The van der Waals surface area contributed by atoms with Crippen LogP contribution in [0.2, 0.25) is 0 Å². The quantitative estimate of drug-likeness (QED) is 0.752. The topological polar surface area (TPSA) is 92.7 Å². The number of carbonyl (C=O) groups is 1. The monoisotopic (exact) mass is 297 g/mol. The third-order valence-electron chi connectivity index (χ3n) is 3.43. The predicted octanol–water partition coefficient (Wildman–Crippen LogP) is 1.02. The fraction of sp³-hybridized carbons (Fsp3) is 0.200. The Kier molecular flexibility index (Phi) is 3.69. The zero-order valence-corrected chi connectivity index (χ0v) is 12.0. The third kappa shape index (κ3) is 2.60. The smallest absolute Gasteiger partial charge is 0.275 e. The van der Waals surface area contributed by atoms with Crippen LogP contribution in [0.25, 0.3) is 11.3 Å². The van der Waals surface area contributed by atoms with Crippen molar-refractivity contribution in [1.82, 2.24) is 25.1 Å². The number of hydrogen-bond acceptors (Lipinski definition) is 4. The van der Waals surface area contributed by atoms with E-state index in [1.807, 2.05) is 19.1 Å². The van der Waals surface area contributed by atoms with Crippen LogP contribution in [-0.4, -0.2) is 25.7 Å². The number of aromatic nitrogens is 4. The summed E-state index contributed by atoms with van der Waals surface area (Å²) in [6.07, 6.45) is 6.74. The van der Waals surface area contributed by atoms with E-state index in [0.717, 1.165) is 5.56 Å². The minimum atomic E-state index is -0.291. The van der Waals surface area contributed by atoms with Gasteiger partial charge in [-0.2, -0.15) is 5.10 Å². The molecule has 1 aromatic rings. The first-order chi connectivity index (χ1) is 10.7. The maximum absolute atomic E-state index is 12.4. The lowest BCUT2D eigenvalue weighted by Gasteiger charge is -2.11. The molecule has 0 bridgehead atoms. The lowest BCUT2D eigenvalue weighted by molar-refractivity contribution is 0.0950. The van der Waals surface area contributed by atoms with Crippen molar-refractivity contribution >= 4 is 5.91 Å². The van der Waals surface area contributed by atoms with Crippen LogP contribution in [0, 0.1) is 0 Å². The van der Waals surface area contributed by atoms with Gasteiger partial charge in [0.05, 0.1) is 11.1 Å². The van der Waals surface area contributed by atoms with Gasteiger partial charge in [-0.1, -0.05) is 0 Å². The Balaban J connectivity index is 1.88. The maximum atomic E-state index is 12.4. The Hall–Kier alpha value is -2.96. The maximum Gasteiger partial charge on any atom is 0.275 e. The average Bonchev–Trinajstić information content (AvgIpc) is 2.94. The second-order valence-corrected chi connectivity index (χ2v) is 4.86. The molecule has 3 heterocycles. The first kappa shape index (κ1) is 14.0. The average molecular weight is 297 g/mol. The summed E-state index contributed by atoms with van der Waals surface area (Å²) in [4.78, 5) is 28.1. The van der Waals surface area contributed by atoms with E-state index in [2.05, 4.69) is 20.5 Å². The zero-order chi connectivity index (χ0) is 15.5. The lowest BCUT2D eigenvalue weighted by atomic mass is 10.1. The molecule has 0 saturated carbocycles. The zero-order valence-electron chi connectivity index (χ0n) is 12.0. The van der Waals surface area contributed by atoms with Gasteiger partial charge in [0.25, 0.3) is 11.5 Å². The number of hydrogen-bond donors (Lipinski definition) is 2. The van der Waals surface area contributed by atoms with Gasteiger partial charge in [-0.05, 0) is 24.6 Å². The molecule has 112 valence electrons. The Bertz CT molecular complexity index is 822. The van der Waals surface area contributed by atoms with E-state index in [1.165, 1.54) is 0 Å². The van der Waals surface area contributed by atoms with E-state index in [4.69, 9.17) is 0 Å². The van der Waals surface area contributed by atoms with Crippen LogP contribution < -0.4 is 10.9 Å². The Morgan fingerprint density at radius 1 is 1.32 bits per heavy atom. The fourth-order valence-corrected chi connectivity index (χ4v) is 2.22. The molecule has 0 unspecified atom stereocenters. The van der Waals surface area contributed by atoms with E-state index < -0.39 is 0 Å². The lowest BCUT2D eigenvalue weighted by Crippen LogP contribution is -2.24. The summed E-state index contributed by atoms with van der Waals surface area (Å²) < 4.78 is 1.79. The Morgan fingerprint density at radius 3 is 2.82 bits per heavy atom. The number of aryl methyl sites for hydroxylation is 1. The summed E-state index contributed by atoms with van der Waals surface area (Å²) in [5.74, 6) is -0.267. The molecule has 0 radical (unpaired) electrons. The van der Waals surface area contributed by atoms with Gasteiger partial charge in [0.2, 0.25) is 0 Å². The van der Waals surface area contributed by atoms with Crippen molar-refractivity contribution in [2.24, 2.45) is 0 Å². The Morgan fingerprint density at radius 2 is 2.09 bits per heavy atom. The van der Waals surface area contributed by atoms with Gasteiger partial charge in [0.1, 0.15) is 5.69 Å². The molecule has 2 N–H and O–H groups in total. The molecule has 3 rings (SSSR count). The summed E-state index contributed by atoms with van der Waals surface area (Å²) in [6, 6.07) is 3.66. The van der Waals surface area contributed by atoms with Crippen molar-refractivity contribution in [1.29, 1.82) is 0 Å². The molecule has 0 spiro atoms. The summed E-state index contributed by atoms with van der Waals surface area (Å²) in [5, 5.41) is 9.17. The third-order valence-corrected chi connectivity index (χ3v) is 3.43. The van der Waals surface area contributed by atoms with E-state index in [0.29, 0.717) is 29.9 Å². The van der Waals surface area contributed by atoms with E-state index in [9.17, 15) is 9.59 Å². The van der Waals surface area contributed by atoms with Gasteiger partial charge in [-0.25, -0.2) is 5.10 Å². The number of fused-ring (bicyclic) bond motifs is 1. The van der Waals surface area contributed by atoms with Crippen LogP contribution in [0.3, 0.4) is 0 Å². The second-order valence-electron chi connectivity index (χ2n) is 4.86. The highest BCUT2D eigenvalue weighted by Crippen LogP contribution is 2.19. The minimum Gasteiger partial charge on any atom is -0.353 e.